The molecule has 0 aromatic carbocycles. The number of hydrogen-bond acceptors (Lipinski definition) is 3. The van der Waals surface area contributed by atoms with Crippen molar-refractivity contribution in [2.75, 3.05) is 19.3 Å². The van der Waals surface area contributed by atoms with E-state index in [-0.39, 0.29) is 12.4 Å². The quantitative estimate of drug-likeness (QED) is 0.574. The molecule has 0 bridgehead atoms. The Hall–Kier alpha value is 0.160. The highest BCUT2D eigenvalue weighted by molar-refractivity contribution is 7.88. The van der Waals surface area contributed by atoms with Gasteiger partial charge in [0.2, 0.25) is 10.0 Å². The van der Waals surface area contributed by atoms with Crippen LogP contribution in [0.15, 0.2) is 0 Å². The number of nitrogens with two attached hydrogens (primary N) is 1. The number of rotatable bonds is 4. The van der Waals surface area contributed by atoms with Gasteiger partial charge < -0.3 is 5.73 Å². The van der Waals surface area contributed by atoms with E-state index in [1.165, 1.54) is 0 Å². The Labute approximate surface area is 67.6 Å². The molecule has 6 heteroatoms. The van der Waals surface area contributed by atoms with Gasteiger partial charge in [-0.3, -0.25) is 0 Å². The first-order valence-corrected chi connectivity index (χ1v) is 4.60. The molecule has 0 amide bonds. The number of nitrogens with one attached hydrogen (secondary N) is 1. The van der Waals surface area contributed by atoms with Crippen LogP contribution in [0, 0.1) is 0 Å². The van der Waals surface area contributed by atoms with Crippen LogP contribution in [0.2, 0.25) is 0 Å². The predicted octanol–water partition coefficient (Wildman–Crippen LogP) is -0.694. The molecule has 0 aliphatic carbocycles. The largest absolute Gasteiger partial charge is 0.330 e. The molecule has 3 N–H and O–H groups in total. The molecule has 0 rings (SSSR count). The maximum absolute atomic E-state index is 10.4. The summed E-state index contributed by atoms with van der Waals surface area (Å²) in [6, 6.07) is 0. The van der Waals surface area contributed by atoms with E-state index >= 15 is 0 Å². The summed E-state index contributed by atoms with van der Waals surface area (Å²) in [7, 11) is -3.00. The lowest BCUT2D eigenvalue weighted by Gasteiger charge is -1.97. The molecule has 0 saturated heterocycles. The zero-order valence-electron chi connectivity index (χ0n) is 5.83. The first-order valence-electron chi connectivity index (χ1n) is 2.71. The Morgan fingerprint density at radius 1 is 1.50 bits per heavy atom. The van der Waals surface area contributed by atoms with Crippen LogP contribution in [0.5, 0.6) is 0 Å². The maximum Gasteiger partial charge on any atom is 0.208 e. The molecule has 0 aromatic heterocycles. The van der Waals surface area contributed by atoms with Crippen molar-refractivity contribution in [2.45, 2.75) is 6.42 Å². The molecule has 64 valence electrons. The third-order valence-electron chi connectivity index (χ3n) is 0.745. The average molecular weight is 189 g/mol. The van der Waals surface area contributed by atoms with Gasteiger partial charge in [0.25, 0.3) is 0 Å². The summed E-state index contributed by atoms with van der Waals surface area (Å²) in [6.07, 6.45) is 1.82. The minimum absolute atomic E-state index is 0. The van der Waals surface area contributed by atoms with Crippen molar-refractivity contribution in [2.24, 2.45) is 5.73 Å². The van der Waals surface area contributed by atoms with E-state index in [2.05, 4.69) is 4.72 Å². The zero-order valence-corrected chi connectivity index (χ0v) is 7.46. The second kappa shape index (κ2) is 5.91. The van der Waals surface area contributed by atoms with Gasteiger partial charge in [-0.2, -0.15) is 0 Å². The van der Waals surface area contributed by atoms with E-state index in [4.69, 9.17) is 5.73 Å². The van der Waals surface area contributed by atoms with Gasteiger partial charge >= 0.3 is 0 Å². The van der Waals surface area contributed by atoms with Crippen LogP contribution >= 0.6 is 12.4 Å². The van der Waals surface area contributed by atoms with Crippen molar-refractivity contribution in [3.05, 3.63) is 0 Å². The fraction of sp³-hybridized carbons (Fsp3) is 1.00. The summed E-state index contributed by atoms with van der Waals surface area (Å²) in [4.78, 5) is 0. The first-order chi connectivity index (χ1) is 4.06. The van der Waals surface area contributed by atoms with Gasteiger partial charge in [-0.25, -0.2) is 13.1 Å². The van der Waals surface area contributed by atoms with Crippen molar-refractivity contribution in [1.29, 1.82) is 0 Å². The maximum atomic E-state index is 10.4. The van der Waals surface area contributed by atoms with Crippen LogP contribution in [0.3, 0.4) is 0 Å². The van der Waals surface area contributed by atoms with E-state index in [0.717, 1.165) is 6.26 Å². The van der Waals surface area contributed by atoms with Crippen LogP contribution in [-0.4, -0.2) is 27.8 Å². The lowest BCUT2D eigenvalue weighted by molar-refractivity contribution is 0.586. The van der Waals surface area contributed by atoms with Gasteiger partial charge in [0.15, 0.2) is 0 Å². The van der Waals surface area contributed by atoms with E-state index in [0.29, 0.717) is 19.5 Å². The number of hydrogen-bond donors (Lipinski definition) is 2. The predicted molar refractivity (Wildman–Crippen MR) is 43.8 cm³/mol. The van der Waals surface area contributed by atoms with Gasteiger partial charge in [0.1, 0.15) is 0 Å². The minimum atomic E-state index is -3.00. The fourth-order valence-corrected chi connectivity index (χ4v) is 0.875. The van der Waals surface area contributed by atoms with Crippen LogP contribution in [0.1, 0.15) is 6.42 Å². The SMILES string of the molecule is CS(=O)(=O)NCCCN.Cl. The Morgan fingerprint density at radius 3 is 2.30 bits per heavy atom. The van der Waals surface area contributed by atoms with Gasteiger partial charge in [-0.1, -0.05) is 0 Å². The molecule has 0 aromatic rings. The standard InChI is InChI=1S/C4H12N2O2S.ClH/c1-9(7,8)6-4-2-3-5;/h6H,2-5H2,1H3;1H. The summed E-state index contributed by atoms with van der Waals surface area (Å²) in [5.41, 5.74) is 5.12. The van der Waals surface area contributed by atoms with Crippen molar-refractivity contribution < 1.29 is 8.42 Å². The van der Waals surface area contributed by atoms with Gasteiger partial charge in [-0.05, 0) is 13.0 Å². The van der Waals surface area contributed by atoms with Crippen LogP contribution in [-0.2, 0) is 10.0 Å². The topological polar surface area (TPSA) is 72.2 Å². The zero-order chi connectivity index (χ0) is 7.33. The van der Waals surface area contributed by atoms with E-state index in [9.17, 15) is 8.42 Å². The Balaban J connectivity index is 0. The fourth-order valence-electron chi connectivity index (χ4n) is 0.360. The van der Waals surface area contributed by atoms with Gasteiger partial charge in [0, 0.05) is 6.54 Å². The Morgan fingerprint density at radius 2 is 2.00 bits per heavy atom. The monoisotopic (exact) mass is 188 g/mol. The summed E-state index contributed by atoms with van der Waals surface area (Å²) in [5, 5.41) is 0. The summed E-state index contributed by atoms with van der Waals surface area (Å²) >= 11 is 0. The molecule has 4 nitrogen and oxygen atoms in total. The molecule has 0 aliphatic heterocycles. The van der Waals surface area contributed by atoms with Gasteiger partial charge in [0.05, 0.1) is 6.26 Å². The molecular formula is C4H13ClN2O2S. The van der Waals surface area contributed by atoms with Crippen LogP contribution in [0.25, 0.3) is 0 Å². The summed E-state index contributed by atoms with van der Waals surface area (Å²) < 4.78 is 23.0. The molecule has 0 saturated carbocycles. The van der Waals surface area contributed by atoms with E-state index < -0.39 is 10.0 Å². The van der Waals surface area contributed by atoms with Crippen LogP contribution < -0.4 is 10.5 Å². The van der Waals surface area contributed by atoms with Gasteiger partial charge in [-0.15, -0.1) is 12.4 Å². The highest BCUT2D eigenvalue weighted by Crippen LogP contribution is 1.74. The minimum Gasteiger partial charge on any atom is -0.330 e. The average Bonchev–Trinajstić information content (AvgIpc) is 1.63. The molecule has 0 radical (unpaired) electrons. The summed E-state index contributed by atoms with van der Waals surface area (Å²) in [5.74, 6) is 0. The Kier molecular flexibility index (Phi) is 7.56. The smallest absolute Gasteiger partial charge is 0.208 e. The molecule has 10 heavy (non-hydrogen) atoms. The molecule has 0 atom stereocenters. The molecule has 0 unspecified atom stereocenters. The normalized spacial score (nSPS) is 10.6. The molecular weight excluding hydrogens is 176 g/mol. The third kappa shape index (κ3) is 11.0. The van der Waals surface area contributed by atoms with E-state index in [1.54, 1.807) is 0 Å². The molecule has 0 fully saturated rings. The second-order valence-electron chi connectivity index (χ2n) is 1.81. The van der Waals surface area contributed by atoms with Crippen molar-refractivity contribution in [3.8, 4) is 0 Å². The highest BCUT2D eigenvalue weighted by Gasteiger charge is 1.96. The van der Waals surface area contributed by atoms with Crippen molar-refractivity contribution in [3.63, 3.8) is 0 Å². The molecule has 0 heterocycles. The lowest BCUT2D eigenvalue weighted by atomic mass is 10.4. The first kappa shape index (κ1) is 12.8. The third-order valence-corrected chi connectivity index (χ3v) is 1.47. The Bertz CT molecular complexity index is 157. The lowest BCUT2D eigenvalue weighted by Crippen LogP contribution is -2.24. The highest BCUT2D eigenvalue weighted by atomic mass is 35.5. The molecule has 0 spiro atoms. The second-order valence-corrected chi connectivity index (χ2v) is 3.64. The van der Waals surface area contributed by atoms with Crippen molar-refractivity contribution in [1.82, 2.24) is 4.72 Å². The van der Waals surface area contributed by atoms with E-state index in [1.807, 2.05) is 0 Å². The number of sulfonamides is 1. The van der Waals surface area contributed by atoms with Crippen molar-refractivity contribution >= 4 is 22.4 Å². The number of halogens is 1. The van der Waals surface area contributed by atoms with Crippen LogP contribution in [0.4, 0.5) is 0 Å². The molecule has 0 aliphatic rings. The summed E-state index contributed by atoms with van der Waals surface area (Å²) in [6.45, 7) is 0.956.